The van der Waals surface area contributed by atoms with Crippen molar-refractivity contribution in [2.45, 2.75) is 12.8 Å². The lowest BCUT2D eigenvalue weighted by Crippen LogP contribution is -2.38. The van der Waals surface area contributed by atoms with E-state index < -0.39 is 0 Å². The zero-order valence-corrected chi connectivity index (χ0v) is 14.8. The molecule has 130 valence electrons. The van der Waals surface area contributed by atoms with E-state index in [4.69, 9.17) is 21.1 Å². The predicted molar refractivity (Wildman–Crippen MR) is 96.0 cm³/mol. The number of Topliss-reactive ketones (excluding diaryl/α,β-unsaturated/α-hetero) is 1. The van der Waals surface area contributed by atoms with Gasteiger partial charge in [0, 0.05) is 23.6 Å². The average molecular weight is 360 g/mol. The fourth-order valence-corrected chi connectivity index (χ4v) is 3.13. The van der Waals surface area contributed by atoms with E-state index in [1.165, 1.54) is 0 Å². The van der Waals surface area contributed by atoms with Crippen molar-refractivity contribution in [2.75, 3.05) is 25.7 Å². The largest absolute Gasteiger partial charge is 0.493 e. The van der Waals surface area contributed by atoms with Gasteiger partial charge in [-0.25, -0.2) is 0 Å². The molecule has 0 aromatic heterocycles. The van der Waals surface area contributed by atoms with E-state index >= 15 is 0 Å². The van der Waals surface area contributed by atoms with E-state index in [1.807, 2.05) is 6.07 Å². The lowest BCUT2D eigenvalue weighted by molar-refractivity contribution is -0.118. The van der Waals surface area contributed by atoms with Gasteiger partial charge in [-0.2, -0.15) is 0 Å². The minimum absolute atomic E-state index is 0.00710. The van der Waals surface area contributed by atoms with Gasteiger partial charge in [-0.1, -0.05) is 17.7 Å². The number of hydrogen-bond donors (Lipinski definition) is 0. The number of rotatable bonds is 4. The van der Waals surface area contributed by atoms with Crippen molar-refractivity contribution < 1.29 is 19.1 Å². The van der Waals surface area contributed by atoms with Crippen LogP contribution in [-0.4, -0.2) is 32.5 Å². The molecule has 2 aromatic carbocycles. The van der Waals surface area contributed by atoms with Gasteiger partial charge in [-0.3, -0.25) is 9.59 Å². The molecule has 1 aliphatic heterocycles. The second kappa shape index (κ2) is 7.15. The molecule has 0 radical (unpaired) electrons. The predicted octanol–water partition coefficient (Wildman–Crippen LogP) is 3.52. The summed E-state index contributed by atoms with van der Waals surface area (Å²) in [6.07, 6.45) is 0.502. The Hall–Kier alpha value is -2.53. The number of fused-ring (bicyclic) bond motifs is 1. The van der Waals surface area contributed by atoms with Crippen LogP contribution in [0.15, 0.2) is 36.4 Å². The highest BCUT2D eigenvalue weighted by Crippen LogP contribution is 2.31. The highest BCUT2D eigenvalue weighted by Gasteiger charge is 2.27. The Morgan fingerprint density at radius 1 is 1.12 bits per heavy atom. The summed E-state index contributed by atoms with van der Waals surface area (Å²) in [6, 6.07) is 10.4. The molecule has 1 heterocycles. The molecule has 6 heteroatoms. The van der Waals surface area contributed by atoms with Crippen LogP contribution in [0.3, 0.4) is 0 Å². The fraction of sp³-hybridized carbons (Fsp3) is 0.263. The van der Waals surface area contributed by atoms with Gasteiger partial charge in [-0.05, 0) is 35.9 Å². The quantitative estimate of drug-likeness (QED) is 0.838. The molecular formula is C19H18ClNO4. The summed E-state index contributed by atoms with van der Waals surface area (Å²) in [7, 11) is 3.12. The minimum Gasteiger partial charge on any atom is -0.493 e. The molecule has 0 spiro atoms. The number of nitrogens with zero attached hydrogens (tertiary/aromatic N) is 1. The summed E-state index contributed by atoms with van der Waals surface area (Å²) in [6.45, 7) is 0.375. The standard InChI is InChI=1S/C19H18ClNO4/c1-24-17-6-3-12(9-18(17)25-2)10-19(23)21-8-7-16(22)14-11-13(20)4-5-15(14)21/h3-6,9,11H,7-8,10H2,1-2H3. The molecule has 0 bridgehead atoms. The number of methoxy groups -OCH3 is 2. The van der Waals surface area contributed by atoms with Gasteiger partial charge in [0.1, 0.15) is 0 Å². The monoisotopic (exact) mass is 359 g/mol. The van der Waals surface area contributed by atoms with Crippen molar-refractivity contribution in [2.24, 2.45) is 0 Å². The first kappa shape index (κ1) is 17.3. The summed E-state index contributed by atoms with van der Waals surface area (Å²) in [5, 5.41) is 0.487. The zero-order chi connectivity index (χ0) is 18.0. The third-order valence-corrected chi connectivity index (χ3v) is 4.45. The minimum atomic E-state index is -0.0803. The maximum absolute atomic E-state index is 12.8. The van der Waals surface area contributed by atoms with Gasteiger partial charge in [0.25, 0.3) is 0 Å². The van der Waals surface area contributed by atoms with Crippen LogP contribution in [-0.2, 0) is 11.2 Å². The Balaban J connectivity index is 1.85. The number of halogens is 1. The van der Waals surface area contributed by atoms with Crippen LogP contribution in [0.4, 0.5) is 5.69 Å². The first-order valence-corrected chi connectivity index (χ1v) is 8.25. The summed E-state index contributed by atoms with van der Waals surface area (Å²) in [5.41, 5.74) is 1.93. The molecule has 0 aliphatic carbocycles. The zero-order valence-electron chi connectivity index (χ0n) is 14.0. The molecule has 0 saturated carbocycles. The Labute approximate surface area is 151 Å². The molecular weight excluding hydrogens is 342 g/mol. The van der Waals surface area contributed by atoms with Crippen LogP contribution in [0.2, 0.25) is 5.02 Å². The Morgan fingerprint density at radius 2 is 1.88 bits per heavy atom. The Bertz CT molecular complexity index is 834. The van der Waals surface area contributed by atoms with Gasteiger partial charge < -0.3 is 14.4 Å². The molecule has 0 atom stereocenters. The summed E-state index contributed by atoms with van der Waals surface area (Å²) < 4.78 is 10.5. The Kier molecular flexibility index (Phi) is 4.95. The SMILES string of the molecule is COc1ccc(CC(=O)N2CCC(=O)c3cc(Cl)ccc32)cc1OC. The van der Waals surface area contributed by atoms with E-state index in [0.717, 1.165) is 5.56 Å². The lowest BCUT2D eigenvalue weighted by atomic mass is 9.99. The fourth-order valence-electron chi connectivity index (χ4n) is 2.96. The van der Waals surface area contributed by atoms with E-state index in [-0.39, 0.29) is 18.1 Å². The third-order valence-electron chi connectivity index (χ3n) is 4.22. The van der Waals surface area contributed by atoms with Gasteiger partial charge in [0.05, 0.1) is 26.3 Å². The van der Waals surface area contributed by atoms with Crippen molar-refractivity contribution in [3.8, 4) is 11.5 Å². The maximum atomic E-state index is 12.8. The number of amides is 1. The van der Waals surface area contributed by atoms with Crippen LogP contribution < -0.4 is 14.4 Å². The van der Waals surface area contributed by atoms with Crippen LogP contribution in [0, 0.1) is 0 Å². The first-order chi connectivity index (χ1) is 12.0. The smallest absolute Gasteiger partial charge is 0.231 e. The molecule has 3 rings (SSSR count). The Morgan fingerprint density at radius 3 is 2.60 bits per heavy atom. The van der Waals surface area contributed by atoms with Gasteiger partial charge in [0.15, 0.2) is 17.3 Å². The first-order valence-electron chi connectivity index (χ1n) is 7.87. The highest BCUT2D eigenvalue weighted by atomic mass is 35.5. The molecule has 25 heavy (non-hydrogen) atoms. The van der Waals surface area contributed by atoms with Gasteiger partial charge in [-0.15, -0.1) is 0 Å². The average Bonchev–Trinajstić information content (AvgIpc) is 2.62. The number of hydrogen-bond acceptors (Lipinski definition) is 4. The molecule has 0 saturated heterocycles. The van der Waals surface area contributed by atoms with Crippen molar-refractivity contribution >= 4 is 29.0 Å². The second-order valence-corrected chi connectivity index (χ2v) is 6.18. The van der Waals surface area contributed by atoms with Crippen LogP contribution in [0.25, 0.3) is 0 Å². The van der Waals surface area contributed by atoms with E-state index in [9.17, 15) is 9.59 Å². The lowest BCUT2D eigenvalue weighted by Gasteiger charge is -2.29. The van der Waals surface area contributed by atoms with Crippen molar-refractivity contribution in [3.05, 3.63) is 52.5 Å². The van der Waals surface area contributed by atoms with E-state index in [2.05, 4.69) is 0 Å². The molecule has 0 N–H and O–H groups in total. The number of ether oxygens (including phenoxy) is 2. The van der Waals surface area contributed by atoms with Crippen LogP contribution >= 0.6 is 11.6 Å². The summed E-state index contributed by atoms with van der Waals surface area (Å²) in [4.78, 5) is 26.5. The van der Waals surface area contributed by atoms with Crippen LogP contribution in [0.1, 0.15) is 22.3 Å². The van der Waals surface area contributed by atoms with E-state index in [1.54, 1.807) is 49.5 Å². The molecule has 0 unspecified atom stereocenters. The summed E-state index contributed by atoms with van der Waals surface area (Å²) in [5.74, 6) is 1.12. The molecule has 5 nitrogen and oxygen atoms in total. The van der Waals surface area contributed by atoms with Crippen molar-refractivity contribution in [1.29, 1.82) is 0 Å². The third kappa shape index (κ3) is 3.46. The number of carbonyl (C=O) groups is 2. The molecule has 1 aliphatic rings. The second-order valence-electron chi connectivity index (χ2n) is 5.75. The topological polar surface area (TPSA) is 55.8 Å². The normalized spacial score (nSPS) is 13.4. The highest BCUT2D eigenvalue weighted by molar-refractivity contribution is 6.31. The number of carbonyl (C=O) groups excluding carboxylic acids is 2. The van der Waals surface area contributed by atoms with Gasteiger partial charge >= 0.3 is 0 Å². The molecule has 0 fully saturated rings. The molecule has 2 aromatic rings. The van der Waals surface area contributed by atoms with Crippen molar-refractivity contribution in [3.63, 3.8) is 0 Å². The van der Waals surface area contributed by atoms with Crippen molar-refractivity contribution in [1.82, 2.24) is 0 Å². The number of anilines is 1. The van der Waals surface area contributed by atoms with Gasteiger partial charge in [0.2, 0.25) is 5.91 Å². The molecule has 1 amide bonds. The number of benzene rings is 2. The maximum Gasteiger partial charge on any atom is 0.231 e. The van der Waals surface area contributed by atoms with E-state index in [0.29, 0.717) is 40.7 Å². The summed E-state index contributed by atoms with van der Waals surface area (Å²) >= 11 is 5.98. The van der Waals surface area contributed by atoms with Crippen LogP contribution in [0.5, 0.6) is 11.5 Å². The number of ketones is 1.